The van der Waals surface area contributed by atoms with E-state index in [2.05, 4.69) is 13.2 Å². The largest absolute Gasteiger partial charge is 0.462 e. The minimum absolute atomic E-state index is 0.00110. The Morgan fingerprint density at radius 1 is 0.583 bits per heavy atom. The van der Waals surface area contributed by atoms with Crippen molar-refractivity contribution in [3.05, 3.63) is 108 Å². The summed E-state index contributed by atoms with van der Waals surface area (Å²) in [6, 6.07) is 15.6. The SMILES string of the molecule is C=C(C)C(=O)OCOc1ccc(C(=O)Oc2ccc(OC(=O)c3ccc(OCOC(=O)C(=C)C)cc3)c(C(=O)OCCCCC)c2)cc1. The highest BCUT2D eigenvalue weighted by Gasteiger charge is 2.21. The molecule has 0 N–H and O–H groups in total. The summed E-state index contributed by atoms with van der Waals surface area (Å²) in [5.74, 6) is -2.92. The van der Waals surface area contributed by atoms with Gasteiger partial charge < -0.3 is 33.2 Å². The van der Waals surface area contributed by atoms with Gasteiger partial charge in [-0.3, -0.25) is 0 Å². The molecule has 0 fully saturated rings. The third-order valence-electron chi connectivity index (χ3n) is 6.27. The number of hydrogen-bond acceptors (Lipinski definition) is 12. The lowest BCUT2D eigenvalue weighted by Gasteiger charge is -2.13. The molecule has 0 aliphatic heterocycles. The number of carbonyl (C=O) groups is 5. The fourth-order valence-corrected chi connectivity index (χ4v) is 3.66. The summed E-state index contributed by atoms with van der Waals surface area (Å²) in [4.78, 5) is 61.8. The van der Waals surface area contributed by atoms with Crippen LogP contribution < -0.4 is 18.9 Å². The third-order valence-corrected chi connectivity index (χ3v) is 6.27. The number of unbranched alkanes of at least 4 members (excludes halogenated alkanes) is 2. The molecule has 0 spiro atoms. The summed E-state index contributed by atoms with van der Waals surface area (Å²) < 4.78 is 36.8. The van der Waals surface area contributed by atoms with Crippen LogP contribution in [0.15, 0.2) is 91.0 Å². The maximum absolute atomic E-state index is 13.0. The number of rotatable bonds is 17. The number of carbonyl (C=O) groups excluding carboxylic acids is 5. The highest BCUT2D eigenvalue weighted by molar-refractivity contribution is 5.97. The summed E-state index contributed by atoms with van der Waals surface area (Å²) >= 11 is 0. The van der Waals surface area contributed by atoms with Crippen LogP contribution in [0.3, 0.4) is 0 Å². The molecule has 252 valence electrons. The maximum atomic E-state index is 13.0. The Kier molecular flexibility index (Phi) is 13.9. The van der Waals surface area contributed by atoms with Crippen LogP contribution in [0.4, 0.5) is 0 Å². The van der Waals surface area contributed by atoms with Crippen molar-refractivity contribution in [2.24, 2.45) is 0 Å². The lowest BCUT2D eigenvalue weighted by molar-refractivity contribution is -0.146. The van der Waals surface area contributed by atoms with Crippen LogP contribution in [0.2, 0.25) is 0 Å². The van der Waals surface area contributed by atoms with Gasteiger partial charge in [-0.2, -0.15) is 0 Å². The molecule has 0 radical (unpaired) electrons. The van der Waals surface area contributed by atoms with Crippen LogP contribution >= 0.6 is 0 Å². The van der Waals surface area contributed by atoms with E-state index < -0.39 is 29.8 Å². The quantitative estimate of drug-likeness (QED) is 0.0395. The molecule has 0 heterocycles. The van der Waals surface area contributed by atoms with Gasteiger partial charge in [0.2, 0.25) is 13.6 Å². The molecule has 3 rings (SSSR count). The zero-order chi connectivity index (χ0) is 35.1. The predicted molar refractivity (Wildman–Crippen MR) is 172 cm³/mol. The molecule has 48 heavy (non-hydrogen) atoms. The van der Waals surface area contributed by atoms with Crippen LogP contribution in [0.25, 0.3) is 0 Å². The minimum Gasteiger partial charge on any atom is -0.462 e. The van der Waals surface area contributed by atoms with Crippen molar-refractivity contribution < 1.29 is 57.1 Å². The van der Waals surface area contributed by atoms with Gasteiger partial charge >= 0.3 is 29.8 Å². The van der Waals surface area contributed by atoms with Crippen LogP contribution in [-0.2, 0) is 23.8 Å². The van der Waals surface area contributed by atoms with E-state index in [1.54, 1.807) is 0 Å². The van der Waals surface area contributed by atoms with Gasteiger partial charge in [-0.05, 0) is 87.0 Å². The summed E-state index contributed by atoms with van der Waals surface area (Å²) in [6.45, 7) is 11.5. The van der Waals surface area contributed by atoms with Crippen molar-refractivity contribution in [3.8, 4) is 23.0 Å². The topological polar surface area (TPSA) is 150 Å². The zero-order valence-corrected chi connectivity index (χ0v) is 26.9. The van der Waals surface area contributed by atoms with Crippen LogP contribution in [0.1, 0.15) is 71.1 Å². The van der Waals surface area contributed by atoms with Crippen LogP contribution in [0, 0.1) is 0 Å². The van der Waals surface area contributed by atoms with E-state index in [4.69, 9.17) is 33.2 Å². The molecule has 0 unspecified atom stereocenters. The fraction of sp³-hybridized carbons (Fsp3) is 0.250. The first kappa shape index (κ1) is 36.6. The standard InChI is InChI=1S/C36H36O12/c1-6-7-8-19-42-36(41)30-20-29(47-34(39)25-9-13-27(14-10-25)43-21-45-32(37)23(2)3)17-18-31(30)48-35(40)26-11-15-28(16-12-26)44-22-46-33(38)24(4)5/h9-18,20H,2,4,6-8,19,21-22H2,1,3,5H3. The Morgan fingerprint density at radius 2 is 1.06 bits per heavy atom. The maximum Gasteiger partial charge on any atom is 0.343 e. The predicted octanol–water partition coefficient (Wildman–Crippen LogP) is 6.38. The first-order chi connectivity index (χ1) is 23.0. The summed E-state index contributed by atoms with van der Waals surface area (Å²) in [7, 11) is 0. The average Bonchev–Trinajstić information content (AvgIpc) is 3.07. The molecule has 3 aromatic carbocycles. The number of hydrogen-bond donors (Lipinski definition) is 0. The van der Waals surface area contributed by atoms with Gasteiger partial charge in [-0.1, -0.05) is 32.9 Å². The zero-order valence-electron chi connectivity index (χ0n) is 26.9. The molecular formula is C36H36O12. The van der Waals surface area contributed by atoms with E-state index in [9.17, 15) is 24.0 Å². The first-order valence-corrected chi connectivity index (χ1v) is 14.8. The smallest absolute Gasteiger partial charge is 0.343 e. The second kappa shape index (κ2) is 18.3. The molecule has 12 nitrogen and oxygen atoms in total. The van der Waals surface area contributed by atoms with Crippen LogP contribution in [-0.4, -0.2) is 50.0 Å². The van der Waals surface area contributed by atoms with Gasteiger partial charge in [0.1, 0.15) is 28.6 Å². The Hall–Kier alpha value is -5.91. The van der Waals surface area contributed by atoms with E-state index in [-0.39, 0.29) is 59.5 Å². The molecule has 0 aromatic heterocycles. The van der Waals surface area contributed by atoms with E-state index in [1.165, 1.54) is 80.6 Å². The Morgan fingerprint density at radius 3 is 1.54 bits per heavy atom. The average molecular weight is 661 g/mol. The van der Waals surface area contributed by atoms with Crippen molar-refractivity contribution in [2.45, 2.75) is 40.0 Å². The van der Waals surface area contributed by atoms with Gasteiger partial charge in [-0.15, -0.1) is 0 Å². The summed E-state index contributed by atoms with van der Waals surface area (Å²) in [5.41, 5.74) is 0.639. The second-order valence-electron chi connectivity index (χ2n) is 10.3. The van der Waals surface area contributed by atoms with E-state index >= 15 is 0 Å². The van der Waals surface area contributed by atoms with E-state index in [1.807, 2.05) is 6.92 Å². The number of ether oxygens (including phenoxy) is 7. The molecule has 3 aromatic rings. The highest BCUT2D eigenvalue weighted by atomic mass is 16.7. The third kappa shape index (κ3) is 11.5. The lowest BCUT2D eigenvalue weighted by Crippen LogP contribution is -2.15. The molecule has 0 saturated heterocycles. The first-order valence-electron chi connectivity index (χ1n) is 14.8. The van der Waals surface area contributed by atoms with Gasteiger partial charge in [-0.25, -0.2) is 24.0 Å². The highest BCUT2D eigenvalue weighted by Crippen LogP contribution is 2.27. The Balaban J connectivity index is 1.69. The molecule has 12 heteroatoms. The molecule has 0 atom stereocenters. The van der Waals surface area contributed by atoms with E-state index in [0.717, 1.165) is 12.8 Å². The monoisotopic (exact) mass is 660 g/mol. The Labute approximate surface area is 277 Å². The van der Waals surface area contributed by atoms with Gasteiger partial charge in [0, 0.05) is 11.1 Å². The van der Waals surface area contributed by atoms with Crippen molar-refractivity contribution in [1.29, 1.82) is 0 Å². The van der Waals surface area contributed by atoms with E-state index in [0.29, 0.717) is 17.9 Å². The number of esters is 5. The minimum atomic E-state index is -0.781. The van der Waals surface area contributed by atoms with Gasteiger partial charge in [0.15, 0.2) is 0 Å². The van der Waals surface area contributed by atoms with Crippen LogP contribution in [0.5, 0.6) is 23.0 Å². The molecule has 0 bridgehead atoms. The van der Waals surface area contributed by atoms with Crippen molar-refractivity contribution >= 4 is 29.8 Å². The summed E-state index contributed by atoms with van der Waals surface area (Å²) in [6.07, 6.45) is 2.42. The molecule has 0 aliphatic carbocycles. The van der Waals surface area contributed by atoms with Gasteiger partial charge in [0.25, 0.3) is 0 Å². The normalized spacial score (nSPS) is 10.2. The molecular weight excluding hydrogens is 624 g/mol. The van der Waals surface area contributed by atoms with Gasteiger partial charge in [0.05, 0.1) is 17.7 Å². The molecule has 0 saturated carbocycles. The second-order valence-corrected chi connectivity index (χ2v) is 10.3. The lowest BCUT2D eigenvalue weighted by atomic mass is 10.1. The van der Waals surface area contributed by atoms with Crippen molar-refractivity contribution in [3.63, 3.8) is 0 Å². The fourth-order valence-electron chi connectivity index (χ4n) is 3.66. The molecule has 0 amide bonds. The van der Waals surface area contributed by atoms with Crippen molar-refractivity contribution in [2.75, 3.05) is 20.2 Å². The summed E-state index contributed by atoms with van der Waals surface area (Å²) in [5, 5.41) is 0. The number of benzene rings is 3. The van der Waals surface area contributed by atoms with Crippen molar-refractivity contribution in [1.82, 2.24) is 0 Å². The molecule has 0 aliphatic rings. The Bertz CT molecular complexity index is 1640.